The summed E-state index contributed by atoms with van der Waals surface area (Å²) in [7, 11) is 0. The Bertz CT molecular complexity index is 531. The molecule has 4 nitrogen and oxygen atoms in total. The molecule has 0 radical (unpaired) electrons. The molecule has 0 aliphatic rings. The van der Waals surface area contributed by atoms with Crippen LogP contribution in [0, 0.1) is 0 Å². The Morgan fingerprint density at radius 1 is 1.28 bits per heavy atom. The van der Waals surface area contributed by atoms with Crippen LogP contribution in [-0.2, 0) is 11.2 Å². The molecule has 0 aliphatic carbocycles. The van der Waals surface area contributed by atoms with E-state index >= 15 is 0 Å². The smallest absolute Gasteiger partial charge is 0.376 e. The molecule has 2 rings (SSSR count). The lowest BCUT2D eigenvalue weighted by molar-refractivity contribution is 0.0489. The van der Waals surface area contributed by atoms with Crippen molar-refractivity contribution in [3.05, 3.63) is 41.8 Å². The summed E-state index contributed by atoms with van der Waals surface area (Å²) in [5.74, 6) is 0.206. The molecule has 1 heterocycles. The molecular formula is C14H15NO3. The molecule has 0 aliphatic heterocycles. The Morgan fingerprint density at radius 3 is 2.61 bits per heavy atom. The molecule has 0 unspecified atom stereocenters. The van der Waals surface area contributed by atoms with Crippen LogP contribution in [0.5, 0.6) is 0 Å². The lowest BCUT2D eigenvalue weighted by Crippen LogP contribution is -2.05. The van der Waals surface area contributed by atoms with Crippen LogP contribution in [0.25, 0.3) is 11.5 Å². The first-order valence-electron chi connectivity index (χ1n) is 5.98. The van der Waals surface area contributed by atoms with Gasteiger partial charge in [-0.2, -0.15) is 0 Å². The number of aromatic nitrogens is 1. The first-order valence-corrected chi connectivity index (χ1v) is 5.98. The van der Waals surface area contributed by atoms with Gasteiger partial charge in [0.2, 0.25) is 11.7 Å². The normalized spacial score (nSPS) is 10.3. The summed E-state index contributed by atoms with van der Waals surface area (Å²) in [6, 6.07) is 9.49. The maximum absolute atomic E-state index is 11.7. The Morgan fingerprint density at radius 2 is 2.00 bits per heavy atom. The average Bonchev–Trinajstić information content (AvgIpc) is 2.84. The molecule has 18 heavy (non-hydrogen) atoms. The SMILES string of the molecule is CCOC(=O)c1oc(-c2ccccc2)nc1CC. The first kappa shape index (κ1) is 12.4. The predicted molar refractivity (Wildman–Crippen MR) is 67.3 cm³/mol. The van der Waals surface area contributed by atoms with E-state index in [1.165, 1.54) is 0 Å². The molecule has 0 amide bonds. The molecule has 0 bridgehead atoms. The summed E-state index contributed by atoms with van der Waals surface area (Å²) < 4.78 is 10.5. The summed E-state index contributed by atoms with van der Waals surface area (Å²) in [6.07, 6.45) is 0.629. The zero-order valence-corrected chi connectivity index (χ0v) is 10.5. The predicted octanol–water partition coefficient (Wildman–Crippen LogP) is 3.08. The molecule has 0 spiro atoms. The van der Waals surface area contributed by atoms with Crippen molar-refractivity contribution in [3.63, 3.8) is 0 Å². The van der Waals surface area contributed by atoms with Gasteiger partial charge in [0.1, 0.15) is 0 Å². The van der Waals surface area contributed by atoms with Crippen LogP contribution in [0.15, 0.2) is 34.7 Å². The number of nitrogens with zero attached hydrogens (tertiary/aromatic N) is 1. The summed E-state index contributed by atoms with van der Waals surface area (Å²) in [6.45, 7) is 4.01. The fourth-order valence-corrected chi connectivity index (χ4v) is 1.65. The van der Waals surface area contributed by atoms with Gasteiger partial charge in [-0.25, -0.2) is 9.78 Å². The highest BCUT2D eigenvalue weighted by Crippen LogP contribution is 2.22. The van der Waals surface area contributed by atoms with Crippen molar-refractivity contribution in [1.29, 1.82) is 0 Å². The molecule has 0 atom stereocenters. The van der Waals surface area contributed by atoms with Crippen LogP contribution in [-0.4, -0.2) is 17.6 Å². The van der Waals surface area contributed by atoms with Crippen molar-refractivity contribution in [2.45, 2.75) is 20.3 Å². The third-order valence-corrected chi connectivity index (χ3v) is 2.51. The maximum atomic E-state index is 11.7. The summed E-state index contributed by atoms with van der Waals surface area (Å²) >= 11 is 0. The van der Waals surface area contributed by atoms with Crippen LogP contribution >= 0.6 is 0 Å². The minimum atomic E-state index is -0.455. The van der Waals surface area contributed by atoms with Crippen LogP contribution in [0.2, 0.25) is 0 Å². The third-order valence-electron chi connectivity index (χ3n) is 2.51. The average molecular weight is 245 g/mol. The maximum Gasteiger partial charge on any atom is 0.376 e. The van der Waals surface area contributed by atoms with Gasteiger partial charge in [0, 0.05) is 5.56 Å². The van der Waals surface area contributed by atoms with Gasteiger partial charge in [-0.3, -0.25) is 0 Å². The van der Waals surface area contributed by atoms with E-state index in [1.807, 2.05) is 37.3 Å². The third kappa shape index (κ3) is 2.42. The Kier molecular flexibility index (Phi) is 3.77. The molecular weight excluding hydrogens is 230 g/mol. The van der Waals surface area contributed by atoms with E-state index in [0.717, 1.165) is 5.56 Å². The van der Waals surface area contributed by atoms with E-state index in [1.54, 1.807) is 6.92 Å². The van der Waals surface area contributed by atoms with E-state index in [9.17, 15) is 4.79 Å². The van der Waals surface area contributed by atoms with E-state index in [-0.39, 0.29) is 5.76 Å². The van der Waals surface area contributed by atoms with Crippen LogP contribution in [0.3, 0.4) is 0 Å². The van der Waals surface area contributed by atoms with Gasteiger partial charge in [0.25, 0.3) is 0 Å². The zero-order chi connectivity index (χ0) is 13.0. The van der Waals surface area contributed by atoms with Crippen molar-refractivity contribution in [1.82, 2.24) is 4.98 Å². The second-order valence-corrected chi connectivity index (χ2v) is 3.73. The summed E-state index contributed by atoms with van der Waals surface area (Å²) in [5.41, 5.74) is 1.48. The van der Waals surface area contributed by atoms with Gasteiger partial charge in [-0.1, -0.05) is 25.1 Å². The highest BCUT2D eigenvalue weighted by atomic mass is 16.5. The van der Waals surface area contributed by atoms with Crippen LogP contribution < -0.4 is 0 Å². The first-order chi connectivity index (χ1) is 8.76. The van der Waals surface area contributed by atoms with Crippen molar-refractivity contribution < 1.29 is 13.9 Å². The minimum absolute atomic E-state index is 0.207. The molecule has 1 aromatic heterocycles. The Labute approximate surface area is 106 Å². The van der Waals surface area contributed by atoms with E-state index < -0.39 is 5.97 Å². The van der Waals surface area contributed by atoms with Gasteiger partial charge in [-0.05, 0) is 25.5 Å². The lowest BCUT2D eigenvalue weighted by Gasteiger charge is -1.98. The highest BCUT2D eigenvalue weighted by molar-refractivity contribution is 5.88. The number of carbonyl (C=O) groups is 1. The van der Waals surface area contributed by atoms with Gasteiger partial charge in [0.05, 0.1) is 12.3 Å². The number of hydrogen-bond donors (Lipinski definition) is 0. The molecule has 0 N–H and O–H groups in total. The second-order valence-electron chi connectivity index (χ2n) is 3.73. The monoisotopic (exact) mass is 245 g/mol. The van der Waals surface area contributed by atoms with Crippen molar-refractivity contribution >= 4 is 5.97 Å². The van der Waals surface area contributed by atoms with Gasteiger partial charge >= 0.3 is 5.97 Å². The van der Waals surface area contributed by atoms with Crippen LogP contribution in [0.1, 0.15) is 30.1 Å². The summed E-state index contributed by atoms with van der Waals surface area (Å²) in [4.78, 5) is 16.0. The Balaban J connectivity index is 2.38. The number of rotatable bonds is 4. The molecule has 94 valence electrons. The molecule has 0 fully saturated rings. The number of aryl methyl sites for hydroxylation is 1. The van der Waals surface area contributed by atoms with Crippen molar-refractivity contribution in [2.24, 2.45) is 0 Å². The number of benzene rings is 1. The number of hydrogen-bond acceptors (Lipinski definition) is 4. The molecule has 4 heteroatoms. The molecule has 2 aromatic rings. The largest absolute Gasteiger partial charge is 0.460 e. The van der Waals surface area contributed by atoms with Crippen molar-refractivity contribution in [3.8, 4) is 11.5 Å². The quantitative estimate of drug-likeness (QED) is 0.777. The number of ether oxygens (including phenoxy) is 1. The topological polar surface area (TPSA) is 52.3 Å². The van der Waals surface area contributed by atoms with Crippen LogP contribution in [0.4, 0.5) is 0 Å². The van der Waals surface area contributed by atoms with Gasteiger partial charge in [-0.15, -0.1) is 0 Å². The fourth-order valence-electron chi connectivity index (χ4n) is 1.65. The number of esters is 1. The molecule has 0 saturated carbocycles. The van der Waals surface area contributed by atoms with E-state index in [4.69, 9.17) is 9.15 Å². The second kappa shape index (κ2) is 5.49. The molecule has 1 aromatic carbocycles. The molecule has 0 saturated heterocycles. The van der Waals surface area contributed by atoms with Gasteiger partial charge < -0.3 is 9.15 Å². The number of oxazole rings is 1. The fraction of sp³-hybridized carbons (Fsp3) is 0.286. The standard InChI is InChI=1S/C14H15NO3/c1-3-11-12(14(16)17-4-2)18-13(15-11)10-8-6-5-7-9-10/h5-9H,3-4H2,1-2H3. The number of carbonyl (C=O) groups excluding carboxylic acids is 1. The van der Waals surface area contributed by atoms with E-state index in [2.05, 4.69) is 4.98 Å². The lowest BCUT2D eigenvalue weighted by atomic mass is 10.2. The zero-order valence-electron chi connectivity index (χ0n) is 10.5. The highest BCUT2D eigenvalue weighted by Gasteiger charge is 2.20. The van der Waals surface area contributed by atoms with E-state index in [0.29, 0.717) is 24.6 Å². The van der Waals surface area contributed by atoms with Crippen molar-refractivity contribution in [2.75, 3.05) is 6.61 Å². The Hall–Kier alpha value is -2.10. The minimum Gasteiger partial charge on any atom is -0.460 e. The summed E-state index contributed by atoms with van der Waals surface area (Å²) in [5, 5.41) is 0. The van der Waals surface area contributed by atoms with Gasteiger partial charge in [0.15, 0.2) is 0 Å².